The second-order valence-electron chi connectivity index (χ2n) is 3.50. The van der Waals surface area contributed by atoms with Gasteiger partial charge in [0.15, 0.2) is 0 Å². The summed E-state index contributed by atoms with van der Waals surface area (Å²) >= 11 is 0. The fourth-order valence-corrected chi connectivity index (χ4v) is 1.11. The van der Waals surface area contributed by atoms with Crippen molar-refractivity contribution >= 4 is 0 Å². The van der Waals surface area contributed by atoms with Gasteiger partial charge in [0, 0.05) is 20.2 Å². The van der Waals surface area contributed by atoms with Crippen LogP contribution >= 0.6 is 0 Å². The van der Waals surface area contributed by atoms with Gasteiger partial charge in [0.05, 0.1) is 19.3 Å². The predicted octanol–water partition coefficient (Wildman–Crippen LogP) is -3.34. The average Bonchev–Trinajstić information content (AvgIpc) is 2.31. The van der Waals surface area contributed by atoms with Crippen LogP contribution < -0.4 is 5.32 Å². The molecule has 0 aromatic carbocycles. The summed E-state index contributed by atoms with van der Waals surface area (Å²) in [5.74, 6) is 0. The van der Waals surface area contributed by atoms with Gasteiger partial charge in [0.1, 0.15) is 18.3 Å². The molecule has 0 aliphatic carbocycles. The van der Waals surface area contributed by atoms with Gasteiger partial charge in [-0.25, -0.2) is 0 Å². The van der Waals surface area contributed by atoms with Gasteiger partial charge in [-0.05, 0) is 0 Å². The maximum absolute atomic E-state index is 9.43. The number of hydrogen-bond donors (Lipinski definition) is 6. The fourth-order valence-electron chi connectivity index (χ4n) is 1.11. The zero-order chi connectivity index (χ0) is 12.6. The minimum atomic E-state index is -1.58. The second kappa shape index (κ2) is 8.82. The lowest BCUT2D eigenvalue weighted by atomic mass is 10.0. The topological polar surface area (TPSA) is 122 Å². The Morgan fingerprint density at radius 2 is 1.62 bits per heavy atom. The van der Waals surface area contributed by atoms with Crippen molar-refractivity contribution in [1.29, 1.82) is 0 Å². The van der Waals surface area contributed by atoms with Gasteiger partial charge >= 0.3 is 0 Å². The summed E-state index contributed by atoms with van der Waals surface area (Å²) < 4.78 is 4.76. The van der Waals surface area contributed by atoms with Crippen LogP contribution in [0.5, 0.6) is 0 Å². The Labute approximate surface area is 94.3 Å². The van der Waals surface area contributed by atoms with Crippen LogP contribution in [0.25, 0.3) is 0 Å². The second-order valence-corrected chi connectivity index (χ2v) is 3.50. The Morgan fingerprint density at radius 1 is 1.06 bits per heavy atom. The minimum Gasteiger partial charge on any atom is -0.394 e. The number of nitrogens with one attached hydrogen (secondary N) is 1. The third kappa shape index (κ3) is 5.71. The zero-order valence-corrected chi connectivity index (χ0v) is 9.28. The molecule has 0 saturated carbocycles. The maximum Gasteiger partial charge on any atom is 0.111 e. The monoisotopic (exact) mass is 239 g/mol. The Hall–Kier alpha value is -0.280. The van der Waals surface area contributed by atoms with E-state index in [0.717, 1.165) is 0 Å². The van der Waals surface area contributed by atoms with E-state index in [9.17, 15) is 15.3 Å². The highest BCUT2D eigenvalue weighted by atomic mass is 16.5. The van der Waals surface area contributed by atoms with Crippen LogP contribution in [-0.2, 0) is 4.74 Å². The van der Waals surface area contributed by atoms with E-state index < -0.39 is 31.0 Å². The lowest BCUT2D eigenvalue weighted by Gasteiger charge is -2.25. The zero-order valence-electron chi connectivity index (χ0n) is 9.28. The van der Waals surface area contributed by atoms with Crippen LogP contribution in [0.15, 0.2) is 0 Å². The normalized spacial score (nSPS) is 19.1. The molecule has 6 N–H and O–H groups in total. The number of rotatable bonds is 9. The molecule has 0 aliphatic rings. The van der Waals surface area contributed by atoms with Crippen LogP contribution in [-0.4, -0.2) is 83.4 Å². The summed E-state index contributed by atoms with van der Waals surface area (Å²) in [4.78, 5) is 0. The molecular weight excluding hydrogens is 218 g/mol. The molecule has 7 nitrogen and oxygen atoms in total. The Kier molecular flexibility index (Phi) is 8.67. The molecule has 0 heterocycles. The van der Waals surface area contributed by atoms with Crippen LogP contribution in [0, 0.1) is 0 Å². The molecule has 98 valence electrons. The largest absolute Gasteiger partial charge is 0.394 e. The molecule has 0 spiro atoms. The summed E-state index contributed by atoms with van der Waals surface area (Å²) in [5, 5.41) is 48.5. The van der Waals surface area contributed by atoms with Crippen molar-refractivity contribution in [2.24, 2.45) is 0 Å². The molecule has 7 heteroatoms. The SMILES string of the molecule is COCCNC[C@H](O)[C@@H](O)[C@H](O)[C@H](O)CO. The summed E-state index contributed by atoms with van der Waals surface area (Å²) in [6.07, 6.45) is -5.79. The lowest BCUT2D eigenvalue weighted by molar-refractivity contribution is -0.114. The van der Waals surface area contributed by atoms with Crippen LogP contribution in [0.3, 0.4) is 0 Å². The van der Waals surface area contributed by atoms with Gasteiger partial charge in [-0.2, -0.15) is 0 Å². The molecule has 0 saturated heterocycles. The first-order valence-corrected chi connectivity index (χ1v) is 5.07. The molecule has 0 unspecified atom stereocenters. The maximum atomic E-state index is 9.43. The van der Waals surface area contributed by atoms with E-state index in [0.29, 0.717) is 13.2 Å². The molecule has 0 fully saturated rings. The van der Waals surface area contributed by atoms with E-state index in [-0.39, 0.29) is 6.54 Å². The molecular formula is C9H21NO6. The number of methoxy groups -OCH3 is 1. The van der Waals surface area contributed by atoms with E-state index >= 15 is 0 Å². The van der Waals surface area contributed by atoms with Gasteiger partial charge in [-0.3, -0.25) is 0 Å². The molecule has 0 aliphatic heterocycles. The highest BCUT2D eigenvalue weighted by Gasteiger charge is 2.29. The van der Waals surface area contributed by atoms with Crippen molar-refractivity contribution < 1.29 is 30.3 Å². The highest BCUT2D eigenvalue weighted by Crippen LogP contribution is 2.04. The molecule has 0 aromatic heterocycles. The van der Waals surface area contributed by atoms with Crippen molar-refractivity contribution in [2.75, 3.05) is 33.4 Å². The van der Waals surface area contributed by atoms with E-state index in [2.05, 4.69) is 5.32 Å². The first kappa shape index (κ1) is 15.7. The minimum absolute atomic E-state index is 0.0553. The smallest absolute Gasteiger partial charge is 0.111 e. The molecule has 0 rings (SSSR count). The molecule has 0 amide bonds. The van der Waals surface area contributed by atoms with Crippen LogP contribution in [0.4, 0.5) is 0 Å². The van der Waals surface area contributed by atoms with E-state index in [4.69, 9.17) is 14.9 Å². The van der Waals surface area contributed by atoms with E-state index in [1.807, 2.05) is 0 Å². The number of hydrogen-bond acceptors (Lipinski definition) is 7. The van der Waals surface area contributed by atoms with Crippen molar-refractivity contribution in [3.8, 4) is 0 Å². The van der Waals surface area contributed by atoms with Crippen molar-refractivity contribution in [3.05, 3.63) is 0 Å². The van der Waals surface area contributed by atoms with Crippen molar-refractivity contribution in [2.45, 2.75) is 24.4 Å². The third-order valence-electron chi connectivity index (χ3n) is 2.16. The Balaban J connectivity index is 3.83. The Morgan fingerprint density at radius 3 is 2.12 bits per heavy atom. The molecule has 0 aromatic rings. The lowest BCUT2D eigenvalue weighted by Crippen LogP contribution is -2.49. The predicted molar refractivity (Wildman–Crippen MR) is 55.9 cm³/mol. The number of aliphatic hydroxyl groups is 5. The summed E-state index contributed by atoms with van der Waals surface area (Å²) in [5.41, 5.74) is 0. The molecule has 0 bridgehead atoms. The first-order chi connectivity index (χ1) is 7.54. The Bertz CT molecular complexity index is 170. The average molecular weight is 239 g/mol. The van der Waals surface area contributed by atoms with Crippen LogP contribution in [0.1, 0.15) is 0 Å². The molecule has 4 atom stereocenters. The van der Waals surface area contributed by atoms with Gasteiger partial charge in [-0.15, -0.1) is 0 Å². The van der Waals surface area contributed by atoms with Crippen LogP contribution in [0.2, 0.25) is 0 Å². The highest BCUT2D eigenvalue weighted by molar-refractivity contribution is 4.81. The molecule has 16 heavy (non-hydrogen) atoms. The van der Waals surface area contributed by atoms with Crippen molar-refractivity contribution in [1.82, 2.24) is 5.32 Å². The number of ether oxygens (including phenoxy) is 1. The number of aliphatic hydroxyl groups excluding tert-OH is 5. The van der Waals surface area contributed by atoms with Gasteiger partial charge in [0.25, 0.3) is 0 Å². The summed E-state index contributed by atoms with van der Waals surface area (Å²) in [7, 11) is 1.54. The van der Waals surface area contributed by atoms with Gasteiger partial charge in [-0.1, -0.05) is 0 Å². The quantitative estimate of drug-likeness (QED) is 0.232. The standard InChI is InChI=1S/C9H21NO6/c1-16-3-2-10-4-6(12)8(14)9(15)7(13)5-11/h6-15H,2-5H2,1H3/t6-,7+,8+,9+/m0/s1. The first-order valence-electron chi connectivity index (χ1n) is 5.07. The van der Waals surface area contributed by atoms with E-state index in [1.54, 1.807) is 0 Å². The summed E-state index contributed by atoms with van der Waals surface area (Å²) in [6.45, 7) is 0.339. The van der Waals surface area contributed by atoms with Gasteiger partial charge < -0.3 is 35.6 Å². The van der Waals surface area contributed by atoms with Gasteiger partial charge in [0.2, 0.25) is 0 Å². The third-order valence-corrected chi connectivity index (χ3v) is 2.16. The fraction of sp³-hybridized carbons (Fsp3) is 1.00. The van der Waals surface area contributed by atoms with Crippen molar-refractivity contribution in [3.63, 3.8) is 0 Å². The molecule has 0 radical (unpaired) electrons. The van der Waals surface area contributed by atoms with E-state index in [1.165, 1.54) is 7.11 Å². The summed E-state index contributed by atoms with van der Waals surface area (Å²) in [6, 6.07) is 0.